The molecule has 10 heteroatoms. The molecule has 0 saturated carbocycles. The number of phenols is 1. The van der Waals surface area contributed by atoms with Crippen LogP contribution in [0.1, 0.15) is 5.56 Å². The Balaban J connectivity index is 2.01. The minimum Gasteiger partial charge on any atom is -0.502 e. The molecule has 3 N–H and O–H groups in total. The largest absolute Gasteiger partial charge is 0.502 e. The highest BCUT2D eigenvalue weighted by atomic mass is 19.1. The summed E-state index contributed by atoms with van der Waals surface area (Å²) in [5, 5.41) is 25.2. The Labute approximate surface area is 180 Å². The van der Waals surface area contributed by atoms with Gasteiger partial charge < -0.3 is 15.7 Å². The van der Waals surface area contributed by atoms with Crippen molar-refractivity contribution < 1.29 is 28.4 Å². The van der Waals surface area contributed by atoms with Gasteiger partial charge in [-0.1, -0.05) is 30.3 Å². The molecule has 0 bridgehead atoms. The number of rotatable bonds is 6. The van der Waals surface area contributed by atoms with Gasteiger partial charge in [-0.2, -0.15) is 0 Å². The lowest BCUT2D eigenvalue weighted by Crippen LogP contribution is -2.26. The van der Waals surface area contributed by atoms with Crippen LogP contribution in [-0.4, -0.2) is 21.8 Å². The Bertz CT molecular complexity index is 1180. The number of aromatic hydroxyl groups is 1. The number of nitro benzene ring substituents is 1. The van der Waals surface area contributed by atoms with Gasteiger partial charge in [-0.05, 0) is 42.0 Å². The molecule has 0 unspecified atom stereocenters. The predicted molar refractivity (Wildman–Crippen MR) is 113 cm³/mol. The maximum Gasteiger partial charge on any atom is 0.311 e. The molecular weight excluding hydrogens is 424 g/mol. The van der Waals surface area contributed by atoms with Crippen molar-refractivity contribution in [2.75, 3.05) is 10.6 Å². The van der Waals surface area contributed by atoms with Gasteiger partial charge in [0.15, 0.2) is 5.75 Å². The Hall–Kier alpha value is -4.60. The summed E-state index contributed by atoms with van der Waals surface area (Å²) in [6.07, 6.45) is 0.999. The molecule has 0 saturated heterocycles. The molecule has 3 rings (SSSR count). The number of carbonyl (C=O) groups is 2. The van der Waals surface area contributed by atoms with E-state index in [2.05, 4.69) is 10.6 Å². The number of carbonyl (C=O) groups excluding carboxylic acids is 2. The third kappa shape index (κ3) is 5.11. The minimum atomic E-state index is -1.04. The Morgan fingerprint density at radius 3 is 1.84 bits per heavy atom. The van der Waals surface area contributed by atoms with Gasteiger partial charge in [-0.3, -0.25) is 19.7 Å². The van der Waals surface area contributed by atoms with E-state index in [9.17, 15) is 33.6 Å². The normalized spacial score (nSPS) is 10.2. The molecule has 0 fully saturated rings. The number of nitro groups is 1. The van der Waals surface area contributed by atoms with Crippen molar-refractivity contribution in [3.63, 3.8) is 0 Å². The van der Waals surface area contributed by atoms with Crippen molar-refractivity contribution in [1.29, 1.82) is 0 Å². The van der Waals surface area contributed by atoms with E-state index in [0.717, 1.165) is 30.3 Å². The molecule has 0 spiro atoms. The fraction of sp³-hybridized carbons (Fsp3) is 0. The zero-order valence-corrected chi connectivity index (χ0v) is 16.2. The first-order chi connectivity index (χ1) is 15.3. The lowest BCUT2D eigenvalue weighted by Gasteiger charge is -2.11. The van der Waals surface area contributed by atoms with E-state index in [0.29, 0.717) is 0 Å². The van der Waals surface area contributed by atoms with Gasteiger partial charge in [0.05, 0.1) is 16.3 Å². The Kier molecular flexibility index (Phi) is 6.54. The molecule has 0 aromatic heterocycles. The van der Waals surface area contributed by atoms with Crippen molar-refractivity contribution in [1.82, 2.24) is 0 Å². The number of amides is 2. The minimum absolute atomic E-state index is 0.0249. The molecule has 162 valence electrons. The number of anilines is 2. The van der Waals surface area contributed by atoms with Gasteiger partial charge in [0.25, 0.3) is 11.8 Å². The van der Waals surface area contributed by atoms with E-state index in [1.807, 2.05) is 0 Å². The van der Waals surface area contributed by atoms with Gasteiger partial charge >= 0.3 is 5.69 Å². The molecule has 0 aliphatic carbocycles. The van der Waals surface area contributed by atoms with E-state index in [4.69, 9.17) is 0 Å². The highest BCUT2D eigenvalue weighted by molar-refractivity contribution is 6.28. The summed E-state index contributed by atoms with van der Waals surface area (Å²) >= 11 is 0. The van der Waals surface area contributed by atoms with Crippen LogP contribution in [0.3, 0.4) is 0 Å². The van der Waals surface area contributed by atoms with Crippen LogP contribution in [0, 0.1) is 21.7 Å². The van der Waals surface area contributed by atoms with Crippen LogP contribution in [0.5, 0.6) is 5.75 Å². The second-order valence-corrected chi connectivity index (χ2v) is 6.43. The topological polar surface area (TPSA) is 122 Å². The fourth-order valence-electron chi connectivity index (χ4n) is 2.68. The van der Waals surface area contributed by atoms with E-state index in [-0.39, 0.29) is 16.9 Å². The number of halogens is 2. The first-order valence-electron chi connectivity index (χ1n) is 9.07. The van der Waals surface area contributed by atoms with E-state index in [1.54, 1.807) is 0 Å². The maximum absolute atomic E-state index is 13.9. The SMILES string of the molecule is O=C(Nc1ccccc1F)C(=Cc1ccc(O)c([N+](=O)[O-])c1)C(=O)Nc1ccccc1F. The van der Waals surface area contributed by atoms with Crippen LogP contribution in [-0.2, 0) is 9.59 Å². The summed E-state index contributed by atoms with van der Waals surface area (Å²) in [6, 6.07) is 13.7. The standard InChI is InChI=1S/C22H15F2N3O5/c23-15-5-1-3-7-17(15)25-21(29)14(22(30)26-18-8-4-2-6-16(18)24)11-13-9-10-20(28)19(12-13)27(31)32/h1-12,28H,(H,25,29)(H,26,30). The summed E-state index contributed by atoms with van der Waals surface area (Å²) in [7, 11) is 0. The lowest BCUT2D eigenvalue weighted by atomic mass is 10.1. The van der Waals surface area contributed by atoms with Crippen molar-refractivity contribution in [3.05, 3.63) is 99.6 Å². The van der Waals surface area contributed by atoms with Crippen molar-refractivity contribution in [3.8, 4) is 5.75 Å². The fourth-order valence-corrected chi connectivity index (χ4v) is 2.68. The Morgan fingerprint density at radius 2 is 1.38 bits per heavy atom. The smallest absolute Gasteiger partial charge is 0.311 e. The maximum atomic E-state index is 13.9. The number of nitrogens with one attached hydrogen (secondary N) is 2. The highest BCUT2D eigenvalue weighted by Crippen LogP contribution is 2.27. The molecule has 8 nitrogen and oxygen atoms in total. The summed E-state index contributed by atoms with van der Waals surface area (Å²) in [5.74, 6) is -4.20. The van der Waals surface area contributed by atoms with Gasteiger partial charge in [0.1, 0.15) is 17.2 Å². The number of nitrogens with zero attached hydrogens (tertiary/aromatic N) is 1. The monoisotopic (exact) mass is 439 g/mol. The van der Waals surface area contributed by atoms with Crippen molar-refractivity contribution in [2.45, 2.75) is 0 Å². The van der Waals surface area contributed by atoms with E-state index >= 15 is 0 Å². The van der Waals surface area contributed by atoms with Gasteiger partial charge in [0.2, 0.25) is 0 Å². The molecule has 0 aliphatic rings. The summed E-state index contributed by atoms with van der Waals surface area (Å²) < 4.78 is 27.9. The zero-order valence-electron chi connectivity index (χ0n) is 16.2. The molecule has 0 atom stereocenters. The molecule has 2 amide bonds. The van der Waals surface area contributed by atoms with Gasteiger partial charge in [-0.25, -0.2) is 8.78 Å². The van der Waals surface area contributed by atoms with Crippen LogP contribution in [0.25, 0.3) is 6.08 Å². The molecular formula is C22H15F2N3O5. The molecule has 0 heterocycles. The second-order valence-electron chi connectivity index (χ2n) is 6.43. The van der Waals surface area contributed by atoms with Crippen LogP contribution < -0.4 is 10.6 Å². The number of benzene rings is 3. The molecule has 0 radical (unpaired) electrons. The zero-order chi connectivity index (χ0) is 23.3. The number of phenolic OH excluding ortho intramolecular Hbond substituents is 1. The van der Waals surface area contributed by atoms with Gasteiger partial charge in [0, 0.05) is 6.07 Å². The first kappa shape index (κ1) is 22.1. The average Bonchev–Trinajstić information content (AvgIpc) is 2.76. The Morgan fingerprint density at radius 1 is 0.875 bits per heavy atom. The van der Waals surface area contributed by atoms with Crippen LogP contribution >= 0.6 is 0 Å². The first-order valence-corrected chi connectivity index (χ1v) is 9.07. The van der Waals surface area contributed by atoms with E-state index < -0.39 is 45.4 Å². The van der Waals surface area contributed by atoms with Crippen molar-refractivity contribution >= 4 is 35.0 Å². The summed E-state index contributed by atoms with van der Waals surface area (Å²) in [5.41, 5.74) is -1.63. The number of hydrogen-bond donors (Lipinski definition) is 3. The number of hydrogen-bond acceptors (Lipinski definition) is 5. The third-order valence-electron chi connectivity index (χ3n) is 4.24. The summed E-state index contributed by atoms with van der Waals surface area (Å²) in [4.78, 5) is 35.8. The van der Waals surface area contributed by atoms with Crippen molar-refractivity contribution in [2.24, 2.45) is 0 Å². The van der Waals surface area contributed by atoms with Gasteiger partial charge in [-0.15, -0.1) is 0 Å². The molecule has 32 heavy (non-hydrogen) atoms. The quantitative estimate of drug-likeness (QED) is 0.174. The second kappa shape index (κ2) is 9.47. The number of para-hydroxylation sites is 2. The average molecular weight is 439 g/mol. The third-order valence-corrected chi connectivity index (χ3v) is 4.24. The highest BCUT2D eigenvalue weighted by Gasteiger charge is 2.22. The van der Waals surface area contributed by atoms with Crippen LogP contribution in [0.4, 0.5) is 25.8 Å². The molecule has 0 aliphatic heterocycles. The molecule has 3 aromatic rings. The van der Waals surface area contributed by atoms with Crippen LogP contribution in [0.15, 0.2) is 72.3 Å². The lowest BCUT2D eigenvalue weighted by molar-refractivity contribution is -0.385. The predicted octanol–water partition coefficient (Wildman–Crippen LogP) is 4.24. The summed E-state index contributed by atoms with van der Waals surface area (Å²) in [6.45, 7) is 0. The molecule has 3 aromatic carbocycles. The van der Waals surface area contributed by atoms with Crippen LogP contribution in [0.2, 0.25) is 0 Å². The van der Waals surface area contributed by atoms with E-state index in [1.165, 1.54) is 42.5 Å².